The number of allylic oxidation sites excluding steroid dienone is 1. The highest BCUT2D eigenvalue weighted by atomic mass is 16.3. The van der Waals surface area contributed by atoms with Crippen LogP contribution in [0, 0.1) is 17.3 Å². The summed E-state index contributed by atoms with van der Waals surface area (Å²) in [4.78, 5) is 0. The highest BCUT2D eigenvalue weighted by Crippen LogP contribution is 2.35. The van der Waals surface area contributed by atoms with E-state index in [0.717, 1.165) is 10.8 Å². The third-order valence-electron chi connectivity index (χ3n) is 3.32. The van der Waals surface area contributed by atoms with Gasteiger partial charge in [0.05, 0.1) is 0 Å². The Labute approximate surface area is 137 Å². The Balaban J connectivity index is 2.04. The Kier molecular flexibility index (Phi) is 5.31. The van der Waals surface area contributed by atoms with Gasteiger partial charge in [-0.25, -0.2) is 0 Å². The smallest absolute Gasteiger partial charge is 0.162 e. The van der Waals surface area contributed by atoms with Gasteiger partial charge in [-0.2, -0.15) is 0 Å². The molecule has 2 aromatic rings. The second kappa shape index (κ2) is 7.21. The first-order chi connectivity index (χ1) is 10.9. The van der Waals surface area contributed by atoms with Gasteiger partial charge in [-0.1, -0.05) is 42.2 Å². The second-order valence-corrected chi connectivity index (χ2v) is 6.50. The van der Waals surface area contributed by atoms with Crippen molar-refractivity contribution in [2.75, 3.05) is 6.54 Å². The maximum absolute atomic E-state index is 10.1. The summed E-state index contributed by atoms with van der Waals surface area (Å²) in [6, 6.07) is 9.27. The van der Waals surface area contributed by atoms with Crippen molar-refractivity contribution >= 4 is 10.8 Å². The van der Waals surface area contributed by atoms with Gasteiger partial charge in [0, 0.05) is 24.1 Å². The van der Waals surface area contributed by atoms with Gasteiger partial charge in [-0.15, -0.1) is 0 Å². The average Bonchev–Trinajstić information content (AvgIpc) is 2.48. The van der Waals surface area contributed by atoms with Crippen molar-refractivity contribution < 1.29 is 10.2 Å². The number of aromatic hydroxyl groups is 2. The predicted molar refractivity (Wildman–Crippen MR) is 95.4 cm³/mol. The number of phenols is 2. The van der Waals surface area contributed by atoms with Crippen LogP contribution >= 0.6 is 0 Å². The summed E-state index contributed by atoms with van der Waals surface area (Å²) < 4.78 is 0. The largest absolute Gasteiger partial charge is 0.504 e. The van der Waals surface area contributed by atoms with Crippen LogP contribution in [0.2, 0.25) is 0 Å². The van der Waals surface area contributed by atoms with Crippen LogP contribution in [0.1, 0.15) is 26.3 Å². The van der Waals surface area contributed by atoms with Gasteiger partial charge < -0.3 is 15.5 Å². The number of nitrogens with one attached hydrogen (secondary N) is 1. The molecular weight excluding hydrogens is 286 g/mol. The number of phenolic OH excluding ortho intramolecular Hbond substituents is 2. The average molecular weight is 309 g/mol. The zero-order valence-corrected chi connectivity index (χ0v) is 13.9. The Morgan fingerprint density at radius 1 is 1.17 bits per heavy atom. The molecule has 0 atom stereocenters. The van der Waals surface area contributed by atoms with Crippen LogP contribution in [0.25, 0.3) is 10.8 Å². The van der Waals surface area contributed by atoms with Crippen LogP contribution in [0.5, 0.6) is 11.5 Å². The second-order valence-electron chi connectivity index (χ2n) is 6.50. The molecule has 0 fully saturated rings. The van der Waals surface area contributed by atoms with E-state index in [2.05, 4.69) is 37.9 Å². The van der Waals surface area contributed by atoms with E-state index in [4.69, 9.17) is 0 Å². The zero-order chi connectivity index (χ0) is 16.9. The fourth-order valence-electron chi connectivity index (χ4n) is 2.23. The van der Waals surface area contributed by atoms with Crippen molar-refractivity contribution in [1.29, 1.82) is 0 Å². The lowest BCUT2D eigenvalue weighted by atomic mass is 9.98. The molecule has 0 saturated heterocycles. The molecule has 0 aliphatic rings. The molecule has 0 aromatic heterocycles. The van der Waals surface area contributed by atoms with Crippen LogP contribution < -0.4 is 5.32 Å². The number of benzene rings is 2. The normalized spacial score (nSPS) is 11.6. The summed E-state index contributed by atoms with van der Waals surface area (Å²) >= 11 is 0. The minimum atomic E-state index is -0.0907. The number of fused-ring (bicyclic) bond motifs is 1. The van der Waals surface area contributed by atoms with E-state index in [1.54, 1.807) is 6.07 Å². The van der Waals surface area contributed by atoms with E-state index in [0.29, 0.717) is 18.7 Å². The predicted octanol–water partition coefficient (Wildman–Crippen LogP) is 3.95. The first-order valence-electron chi connectivity index (χ1n) is 7.69. The summed E-state index contributed by atoms with van der Waals surface area (Å²) in [6.07, 6.45) is 3.78. The topological polar surface area (TPSA) is 52.5 Å². The summed E-state index contributed by atoms with van der Waals surface area (Å²) in [5, 5.41) is 25.0. The monoisotopic (exact) mass is 309 g/mol. The van der Waals surface area contributed by atoms with Crippen molar-refractivity contribution in [3.05, 3.63) is 48.0 Å². The van der Waals surface area contributed by atoms with E-state index >= 15 is 0 Å². The van der Waals surface area contributed by atoms with Crippen molar-refractivity contribution in [3.63, 3.8) is 0 Å². The summed E-state index contributed by atoms with van der Waals surface area (Å²) in [5.41, 5.74) is 0.708. The van der Waals surface area contributed by atoms with Crippen LogP contribution in [-0.2, 0) is 6.54 Å². The molecule has 0 radical (unpaired) electrons. The fraction of sp³-hybridized carbons (Fsp3) is 0.300. The lowest BCUT2D eigenvalue weighted by molar-refractivity contribution is 0.399. The van der Waals surface area contributed by atoms with E-state index in [1.807, 2.05) is 36.4 Å². The molecule has 0 unspecified atom stereocenters. The van der Waals surface area contributed by atoms with Crippen molar-refractivity contribution in [2.45, 2.75) is 27.3 Å². The van der Waals surface area contributed by atoms with Crippen LogP contribution in [0.4, 0.5) is 0 Å². The van der Waals surface area contributed by atoms with Gasteiger partial charge in [0.25, 0.3) is 0 Å². The van der Waals surface area contributed by atoms with E-state index < -0.39 is 0 Å². The molecule has 3 N–H and O–H groups in total. The van der Waals surface area contributed by atoms with Gasteiger partial charge in [0.1, 0.15) is 0 Å². The van der Waals surface area contributed by atoms with Gasteiger partial charge in [-0.05, 0) is 43.7 Å². The molecule has 0 aliphatic carbocycles. The summed E-state index contributed by atoms with van der Waals surface area (Å²) in [5.74, 6) is 5.99. The van der Waals surface area contributed by atoms with Gasteiger partial charge >= 0.3 is 0 Å². The molecule has 3 heteroatoms. The van der Waals surface area contributed by atoms with E-state index in [9.17, 15) is 10.2 Å². The molecule has 0 aliphatic heterocycles. The lowest BCUT2D eigenvalue weighted by Gasteiger charge is -2.11. The number of hydrogen-bond donors (Lipinski definition) is 3. The van der Waals surface area contributed by atoms with E-state index in [1.165, 1.54) is 0 Å². The Morgan fingerprint density at radius 2 is 1.91 bits per heavy atom. The lowest BCUT2D eigenvalue weighted by Crippen LogP contribution is -2.13. The summed E-state index contributed by atoms with van der Waals surface area (Å²) in [6.45, 7) is 7.32. The highest BCUT2D eigenvalue weighted by Gasteiger charge is 2.11. The molecule has 0 heterocycles. The molecule has 120 valence electrons. The minimum absolute atomic E-state index is 0.00401. The first kappa shape index (κ1) is 16.9. The molecule has 0 saturated carbocycles. The maximum Gasteiger partial charge on any atom is 0.162 e. The number of hydrogen-bond acceptors (Lipinski definition) is 3. The standard InChI is InChI=1S/C20H23NO2/c1-20(2,3)11-7-4-8-12-21-14-17-16-10-6-5-9-15(16)13-18(22)19(17)23/h4-6,8-10,13,21-23H,12,14H2,1-3H3/b8-4+. The van der Waals surface area contributed by atoms with Gasteiger partial charge in [0.15, 0.2) is 11.5 Å². The van der Waals surface area contributed by atoms with Crippen molar-refractivity contribution in [1.82, 2.24) is 5.32 Å². The Morgan fingerprint density at radius 3 is 2.65 bits per heavy atom. The Hall–Kier alpha value is -2.44. The number of rotatable bonds is 4. The first-order valence-corrected chi connectivity index (χ1v) is 7.69. The minimum Gasteiger partial charge on any atom is -0.504 e. The molecule has 2 aromatic carbocycles. The van der Waals surface area contributed by atoms with Crippen LogP contribution in [-0.4, -0.2) is 16.8 Å². The van der Waals surface area contributed by atoms with Crippen LogP contribution in [0.3, 0.4) is 0 Å². The van der Waals surface area contributed by atoms with Crippen molar-refractivity contribution in [3.8, 4) is 23.3 Å². The molecule has 0 spiro atoms. The molecule has 3 nitrogen and oxygen atoms in total. The third-order valence-corrected chi connectivity index (χ3v) is 3.32. The maximum atomic E-state index is 10.1. The Bertz CT molecular complexity index is 774. The summed E-state index contributed by atoms with van der Waals surface area (Å²) in [7, 11) is 0. The van der Waals surface area contributed by atoms with Crippen LogP contribution in [0.15, 0.2) is 42.5 Å². The zero-order valence-electron chi connectivity index (χ0n) is 13.9. The van der Waals surface area contributed by atoms with Gasteiger partial charge in [0.2, 0.25) is 0 Å². The quantitative estimate of drug-likeness (QED) is 0.455. The molecule has 0 amide bonds. The fourth-order valence-corrected chi connectivity index (χ4v) is 2.23. The SMILES string of the molecule is CC(C)(C)C#C/C=C/CNCc1c(O)c(O)cc2ccccc12. The third kappa shape index (κ3) is 4.77. The molecule has 2 rings (SSSR count). The molecular formula is C20H23NO2. The van der Waals surface area contributed by atoms with Crippen molar-refractivity contribution in [2.24, 2.45) is 5.41 Å². The highest BCUT2D eigenvalue weighted by molar-refractivity contribution is 5.89. The van der Waals surface area contributed by atoms with Gasteiger partial charge in [-0.3, -0.25) is 0 Å². The van der Waals surface area contributed by atoms with E-state index in [-0.39, 0.29) is 16.9 Å². The molecule has 0 bridgehead atoms. The molecule has 23 heavy (non-hydrogen) atoms.